The molecule has 1 aliphatic heterocycles. The van der Waals surface area contributed by atoms with Crippen LogP contribution in [0, 0.1) is 13.8 Å². The zero-order chi connectivity index (χ0) is 20.7. The number of ether oxygens (including phenoxy) is 1. The van der Waals surface area contributed by atoms with Crippen LogP contribution in [0.4, 0.5) is 0 Å². The van der Waals surface area contributed by atoms with E-state index in [0.29, 0.717) is 23.8 Å². The zero-order valence-corrected chi connectivity index (χ0v) is 18.1. The van der Waals surface area contributed by atoms with Crippen LogP contribution in [0.15, 0.2) is 18.2 Å². The van der Waals surface area contributed by atoms with E-state index in [1.165, 1.54) is 11.3 Å². The fourth-order valence-electron chi connectivity index (χ4n) is 4.22. The van der Waals surface area contributed by atoms with Crippen molar-refractivity contribution in [3.63, 3.8) is 0 Å². The van der Waals surface area contributed by atoms with Crippen LogP contribution in [0.3, 0.4) is 0 Å². The smallest absolute Gasteiger partial charge is 0.267 e. The minimum Gasteiger partial charge on any atom is -0.486 e. The molecular formula is C22H27ClN4O2. The molecule has 1 amide bonds. The van der Waals surface area contributed by atoms with Crippen molar-refractivity contribution in [2.24, 2.45) is 0 Å². The number of aryl methyl sites for hydroxylation is 2. The Morgan fingerprint density at radius 1 is 1.34 bits per heavy atom. The molecule has 4 rings (SSSR count). The molecule has 1 N–H and O–H groups in total. The maximum atomic E-state index is 13.0. The maximum Gasteiger partial charge on any atom is 0.267 e. The van der Waals surface area contributed by atoms with Gasteiger partial charge in [0.1, 0.15) is 17.5 Å². The molecule has 0 fully saturated rings. The third kappa shape index (κ3) is 3.39. The van der Waals surface area contributed by atoms with Gasteiger partial charge in [0.15, 0.2) is 0 Å². The van der Waals surface area contributed by atoms with Gasteiger partial charge in [-0.05, 0) is 57.4 Å². The number of aromatic nitrogens is 3. The van der Waals surface area contributed by atoms with Crippen molar-refractivity contribution in [2.75, 3.05) is 6.54 Å². The molecule has 1 aromatic carbocycles. The molecular weight excluding hydrogens is 388 g/mol. The third-order valence-electron chi connectivity index (χ3n) is 5.83. The first-order chi connectivity index (χ1) is 13.9. The Hall–Kier alpha value is -2.47. The second-order valence-corrected chi connectivity index (χ2v) is 7.97. The molecule has 1 atom stereocenters. The van der Waals surface area contributed by atoms with Crippen LogP contribution >= 0.6 is 11.6 Å². The summed E-state index contributed by atoms with van der Waals surface area (Å²) >= 11 is 6.40. The summed E-state index contributed by atoms with van der Waals surface area (Å²) < 4.78 is 10.1. The maximum absolute atomic E-state index is 13.0. The number of amides is 1. The van der Waals surface area contributed by atoms with E-state index in [2.05, 4.69) is 35.8 Å². The minimum atomic E-state index is -0.0850. The molecule has 0 radical (unpaired) electrons. The summed E-state index contributed by atoms with van der Waals surface area (Å²) in [5, 5.41) is 9.13. The summed E-state index contributed by atoms with van der Waals surface area (Å²) in [5.41, 5.74) is 4.94. The molecule has 2 aromatic heterocycles. The Labute approximate surface area is 175 Å². The average molecular weight is 415 g/mol. The van der Waals surface area contributed by atoms with Gasteiger partial charge in [-0.25, -0.2) is 0 Å². The second-order valence-electron chi connectivity index (χ2n) is 7.57. The lowest BCUT2D eigenvalue weighted by molar-refractivity contribution is 0.0938. The second kappa shape index (κ2) is 7.75. The summed E-state index contributed by atoms with van der Waals surface area (Å²) in [5.74, 6) is 0.706. The number of hydrogen-bond donors (Lipinski definition) is 1. The topological polar surface area (TPSA) is 61.1 Å². The first-order valence-electron chi connectivity index (χ1n) is 10.2. The first-order valence-corrected chi connectivity index (χ1v) is 10.6. The van der Waals surface area contributed by atoms with Gasteiger partial charge in [0.25, 0.3) is 5.91 Å². The van der Waals surface area contributed by atoms with Crippen LogP contribution < -0.4 is 10.1 Å². The van der Waals surface area contributed by atoms with Gasteiger partial charge in [-0.2, -0.15) is 5.10 Å². The molecule has 0 saturated carbocycles. The summed E-state index contributed by atoms with van der Waals surface area (Å²) in [7, 11) is 0. The molecule has 7 heteroatoms. The Morgan fingerprint density at radius 2 is 2.14 bits per heavy atom. The predicted molar refractivity (Wildman–Crippen MR) is 115 cm³/mol. The first kappa shape index (κ1) is 19.8. The molecule has 154 valence electrons. The third-order valence-corrected chi connectivity index (χ3v) is 6.16. The molecule has 0 spiro atoms. The fraction of sp³-hybridized carbons (Fsp3) is 0.455. The van der Waals surface area contributed by atoms with E-state index in [1.807, 2.05) is 29.8 Å². The summed E-state index contributed by atoms with van der Waals surface area (Å²) in [4.78, 5) is 13.0. The lowest BCUT2D eigenvalue weighted by Gasteiger charge is -2.26. The van der Waals surface area contributed by atoms with E-state index in [9.17, 15) is 4.79 Å². The number of carbonyl (C=O) groups is 1. The lowest BCUT2D eigenvalue weighted by atomic mass is 10.1. The van der Waals surface area contributed by atoms with Crippen molar-refractivity contribution in [3.05, 3.63) is 45.9 Å². The van der Waals surface area contributed by atoms with Crippen molar-refractivity contribution in [1.82, 2.24) is 19.7 Å². The van der Waals surface area contributed by atoms with Gasteiger partial charge in [0.05, 0.1) is 22.8 Å². The van der Waals surface area contributed by atoms with Crippen molar-refractivity contribution >= 4 is 28.4 Å². The highest BCUT2D eigenvalue weighted by Gasteiger charge is 2.27. The number of hydrogen-bond acceptors (Lipinski definition) is 3. The molecule has 29 heavy (non-hydrogen) atoms. The van der Waals surface area contributed by atoms with Crippen LogP contribution in [0.25, 0.3) is 10.9 Å². The van der Waals surface area contributed by atoms with Gasteiger partial charge < -0.3 is 14.6 Å². The highest BCUT2D eigenvalue weighted by Crippen LogP contribution is 2.38. The van der Waals surface area contributed by atoms with Gasteiger partial charge in [-0.3, -0.25) is 9.48 Å². The van der Waals surface area contributed by atoms with E-state index in [4.69, 9.17) is 16.3 Å². The van der Waals surface area contributed by atoms with Crippen LogP contribution in [0.5, 0.6) is 5.75 Å². The van der Waals surface area contributed by atoms with E-state index in [-0.39, 0.29) is 12.0 Å². The highest BCUT2D eigenvalue weighted by molar-refractivity contribution is 6.36. The van der Waals surface area contributed by atoms with Gasteiger partial charge in [-0.1, -0.05) is 18.5 Å². The fourth-order valence-corrected chi connectivity index (χ4v) is 4.42. The SMILES string of the molecule is CCC1Cn2c(C(=O)NCCc3c(C)nn(CC)c3C)cc3c(Cl)ccc(c32)O1. The number of nitrogens with one attached hydrogen (secondary N) is 1. The van der Waals surface area contributed by atoms with Gasteiger partial charge in [0, 0.05) is 24.2 Å². The van der Waals surface area contributed by atoms with Crippen molar-refractivity contribution < 1.29 is 9.53 Å². The molecule has 1 unspecified atom stereocenters. The Morgan fingerprint density at radius 3 is 2.83 bits per heavy atom. The van der Waals surface area contributed by atoms with Gasteiger partial charge in [0.2, 0.25) is 0 Å². The number of carbonyl (C=O) groups excluding carboxylic acids is 1. The average Bonchev–Trinajstić information content (AvgIpc) is 3.24. The molecule has 0 bridgehead atoms. The lowest BCUT2D eigenvalue weighted by Crippen LogP contribution is -2.32. The van der Waals surface area contributed by atoms with Crippen LogP contribution in [0.2, 0.25) is 5.02 Å². The Kier molecular flexibility index (Phi) is 5.30. The summed E-state index contributed by atoms with van der Waals surface area (Å²) in [6.45, 7) is 10.3. The normalized spacial score (nSPS) is 15.6. The minimum absolute atomic E-state index is 0.0519. The standard InChI is InChI=1S/C22H27ClN4O2/c1-5-15-12-26-19(11-17-18(23)7-8-20(29-15)21(17)26)22(28)24-10-9-16-13(3)25-27(6-2)14(16)4/h7-8,11,15H,5-6,9-10,12H2,1-4H3,(H,24,28). The molecule has 1 aliphatic rings. The molecule has 3 heterocycles. The van der Waals surface area contributed by atoms with E-state index in [0.717, 1.165) is 41.7 Å². The molecule has 6 nitrogen and oxygen atoms in total. The van der Waals surface area contributed by atoms with Gasteiger partial charge >= 0.3 is 0 Å². The van der Waals surface area contributed by atoms with Crippen molar-refractivity contribution in [3.8, 4) is 5.75 Å². The zero-order valence-electron chi connectivity index (χ0n) is 17.4. The molecule has 3 aromatic rings. The summed E-state index contributed by atoms with van der Waals surface area (Å²) in [6.07, 6.45) is 1.69. The van der Waals surface area contributed by atoms with Crippen LogP contribution in [-0.2, 0) is 19.5 Å². The Bertz CT molecular complexity index is 1080. The van der Waals surface area contributed by atoms with E-state index in [1.54, 1.807) is 0 Å². The van der Waals surface area contributed by atoms with Crippen LogP contribution in [-0.4, -0.2) is 32.9 Å². The van der Waals surface area contributed by atoms with E-state index >= 15 is 0 Å². The highest BCUT2D eigenvalue weighted by atomic mass is 35.5. The van der Waals surface area contributed by atoms with Crippen molar-refractivity contribution in [1.29, 1.82) is 0 Å². The Balaban J connectivity index is 1.56. The largest absolute Gasteiger partial charge is 0.486 e. The molecule has 0 aliphatic carbocycles. The van der Waals surface area contributed by atoms with Gasteiger partial charge in [-0.15, -0.1) is 0 Å². The number of rotatable bonds is 6. The summed E-state index contributed by atoms with van der Waals surface area (Å²) in [6, 6.07) is 5.60. The quantitative estimate of drug-likeness (QED) is 0.655. The van der Waals surface area contributed by atoms with Crippen molar-refractivity contribution in [2.45, 2.75) is 59.7 Å². The number of benzene rings is 1. The van der Waals surface area contributed by atoms with E-state index < -0.39 is 0 Å². The monoisotopic (exact) mass is 414 g/mol. The predicted octanol–water partition coefficient (Wildman–Crippen LogP) is 4.27. The number of nitrogens with zero attached hydrogens (tertiary/aromatic N) is 3. The number of halogens is 1. The van der Waals surface area contributed by atoms with Crippen LogP contribution in [0.1, 0.15) is 47.7 Å². The molecule has 0 saturated heterocycles.